The quantitative estimate of drug-likeness (QED) is 0.638. The van der Waals surface area contributed by atoms with Crippen LogP contribution in [-0.2, 0) is 9.84 Å². The topological polar surface area (TPSA) is 111 Å². The molecule has 0 fully saturated rings. The number of alkyl halides is 2. The lowest BCUT2D eigenvalue weighted by Gasteiger charge is -2.14. The number of ether oxygens (including phenoxy) is 2. The first kappa shape index (κ1) is 23.1. The maximum absolute atomic E-state index is 12.5. The van der Waals surface area contributed by atoms with Crippen molar-refractivity contribution in [3.63, 3.8) is 0 Å². The minimum Gasteiger partial charge on any atom is -0.493 e. The molecule has 0 spiro atoms. The molecule has 2 amide bonds. The first-order valence-electron chi connectivity index (χ1n) is 8.63. The monoisotopic (exact) mass is 442 g/mol. The van der Waals surface area contributed by atoms with E-state index in [4.69, 9.17) is 9.47 Å². The Labute approximate surface area is 172 Å². The molecule has 0 aliphatic heterocycles. The molecular weight excluding hydrogens is 422 g/mol. The molecule has 2 N–H and O–H groups in total. The van der Waals surface area contributed by atoms with Crippen molar-refractivity contribution in [3.8, 4) is 11.5 Å². The molecule has 0 bridgehead atoms. The van der Waals surface area contributed by atoms with Crippen LogP contribution in [0.3, 0.4) is 0 Å². The molecule has 2 rings (SSSR count). The summed E-state index contributed by atoms with van der Waals surface area (Å²) in [7, 11) is -3.34. The summed E-state index contributed by atoms with van der Waals surface area (Å²) in [6, 6.07) is 8.34. The van der Waals surface area contributed by atoms with Crippen LogP contribution in [0.1, 0.15) is 34.6 Å². The zero-order valence-electron chi connectivity index (χ0n) is 16.3. The molecule has 0 unspecified atom stereocenters. The third kappa shape index (κ3) is 5.44. The number of rotatable bonds is 7. The van der Waals surface area contributed by atoms with Crippen LogP contribution in [0.5, 0.6) is 11.5 Å². The van der Waals surface area contributed by atoms with Gasteiger partial charge in [-0.05, 0) is 56.3 Å². The van der Waals surface area contributed by atoms with Crippen LogP contribution in [0, 0.1) is 0 Å². The van der Waals surface area contributed by atoms with Crippen LogP contribution in [-0.4, -0.2) is 39.2 Å². The van der Waals surface area contributed by atoms with E-state index >= 15 is 0 Å². The van der Waals surface area contributed by atoms with E-state index in [2.05, 4.69) is 10.9 Å². The Bertz CT molecular complexity index is 1020. The predicted octanol–water partition coefficient (Wildman–Crippen LogP) is 2.55. The van der Waals surface area contributed by atoms with Gasteiger partial charge in [0.2, 0.25) is 9.84 Å². The lowest BCUT2D eigenvalue weighted by molar-refractivity contribution is 0.0846. The average molecular weight is 442 g/mol. The fourth-order valence-corrected chi connectivity index (χ4v) is 3.04. The van der Waals surface area contributed by atoms with Crippen LogP contribution >= 0.6 is 0 Å². The maximum atomic E-state index is 12.5. The molecule has 0 atom stereocenters. The van der Waals surface area contributed by atoms with Crippen LogP contribution in [0.15, 0.2) is 47.4 Å². The Morgan fingerprint density at radius 2 is 1.43 bits per heavy atom. The van der Waals surface area contributed by atoms with Crippen molar-refractivity contribution in [2.75, 3.05) is 7.11 Å². The van der Waals surface area contributed by atoms with Gasteiger partial charge < -0.3 is 9.47 Å². The number of halogens is 2. The molecule has 2 aromatic carbocycles. The van der Waals surface area contributed by atoms with Gasteiger partial charge in [0.05, 0.1) is 18.1 Å². The summed E-state index contributed by atoms with van der Waals surface area (Å²) in [6.45, 7) is 3.68. The zero-order valence-corrected chi connectivity index (χ0v) is 17.1. The molecule has 30 heavy (non-hydrogen) atoms. The van der Waals surface area contributed by atoms with E-state index < -0.39 is 32.3 Å². The van der Waals surface area contributed by atoms with Gasteiger partial charge in [0.1, 0.15) is 0 Å². The van der Waals surface area contributed by atoms with Gasteiger partial charge in [0, 0.05) is 11.1 Å². The van der Waals surface area contributed by atoms with E-state index in [1.165, 1.54) is 19.2 Å². The Morgan fingerprint density at radius 3 is 1.93 bits per heavy atom. The maximum Gasteiger partial charge on any atom is 0.341 e. The summed E-state index contributed by atoms with van der Waals surface area (Å²) >= 11 is 0. The number of carbonyl (C=O) groups excluding carboxylic acids is 2. The summed E-state index contributed by atoms with van der Waals surface area (Å²) in [5.74, 6) is -4.19. The highest BCUT2D eigenvalue weighted by Crippen LogP contribution is 2.29. The van der Waals surface area contributed by atoms with Gasteiger partial charge in [0.25, 0.3) is 11.8 Å². The molecule has 0 heterocycles. The lowest BCUT2D eigenvalue weighted by atomic mass is 10.2. The number of hydrogen-bond donors (Lipinski definition) is 2. The van der Waals surface area contributed by atoms with E-state index in [0.717, 1.165) is 24.3 Å². The third-order valence-electron chi connectivity index (χ3n) is 3.76. The predicted molar refractivity (Wildman–Crippen MR) is 103 cm³/mol. The SMILES string of the molecule is COc1cc(C(=O)NNC(=O)c2ccc(S(=O)(=O)C(F)F)cc2)ccc1OC(C)C. The summed E-state index contributed by atoms with van der Waals surface area (Å²) < 4.78 is 58.6. The van der Waals surface area contributed by atoms with Crippen LogP contribution in [0.2, 0.25) is 0 Å². The van der Waals surface area contributed by atoms with Gasteiger partial charge in [-0.1, -0.05) is 0 Å². The Balaban J connectivity index is 2.05. The number of hydrazine groups is 1. The van der Waals surface area contributed by atoms with Crippen molar-refractivity contribution in [2.45, 2.75) is 30.6 Å². The van der Waals surface area contributed by atoms with Crippen molar-refractivity contribution < 1.29 is 36.3 Å². The minimum absolute atomic E-state index is 0.0400. The molecule has 8 nitrogen and oxygen atoms in total. The number of methoxy groups -OCH3 is 1. The number of nitrogens with one attached hydrogen (secondary N) is 2. The van der Waals surface area contributed by atoms with Crippen LogP contribution < -0.4 is 20.3 Å². The van der Waals surface area contributed by atoms with E-state index in [0.29, 0.717) is 11.5 Å². The summed E-state index contributed by atoms with van der Waals surface area (Å²) in [4.78, 5) is 23.7. The van der Waals surface area contributed by atoms with E-state index in [9.17, 15) is 26.8 Å². The molecule has 0 radical (unpaired) electrons. The normalized spacial score (nSPS) is 11.3. The molecule has 0 saturated heterocycles. The highest BCUT2D eigenvalue weighted by Gasteiger charge is 2.26. The van der Waals surface area contributed by atoms with Crippen molar-refractivity contribution in [1.29, 1.82) is 0 Å². The molecule has 11 heteroatoms. The van der Waals surface area contributed by atoms with Gasteiger partial charge in [-0.15, -0.1) is 0 Å². The second kappa shape index (κ2) is 9.53. The molecule has 162 valence electrons. The summed E-state index contributed by atoms with van der Waals surface area (Å²) in [6.07, 6.45) is -0.0973. The van der Waals surface area contributed by atoms with Crippen LogP contribution in [0.25, 0.3) is 0 Å². The molecular formula is C19H20F2N2O6S. The average Bonchev–Trinajstić information content (AvgIpc) is 2.71. The Hall–Kier alpha value is -3.21. The van der Waals surface area contributed by atoms with Gasteiger partial charge in [-0.3, -0.25) is 20.4 Å². The standard InChI is InChI=1S/C19H20F2N2O6S/c1-11(2)29-15-9-6-13(10-16(15)28-3)18(25)23-22-17(24)12-4-7-14(8-5-12)30(26,27)19(20)21/h4-11,19H,1-3H3,(H,22,24)(H,23,25). The minimum atomic E-state index is -4.76. The molecule has 0 saturated carbocycles. The summed E-state index contributed by atoms with van der Waals surface area (Å²) in [5, 5.41) is 0. The molecule has 0 aromatic heterocycles. The highest BCUT2D eigenvalue weighted by atomic mass is 32.2. The first-order valence-corrected chi connectivity index (χ1v) is 10.2. The van der Waals surface area contributed by atoms with Gasteiger partial charge in [-0.2, -0.15) is 8.78 Å². The van der Waals surface area contributed by atoms with E-state index in [1.54, 1.807) is 6.07 Å². The second-order valence-corrected chi connectivity index (χ2v) is 8.19. The fourth-order valence-electron chi connectivity index (χ4n) is 2.32. The smallest absolute Gasteiger partial charge is 0.341 e. The number of benzene rings is 2. The van der Waals surface area contributed by atoms with Crippen molar-refractivity contribution in [3.05, 3.63) is 53.6 Å². The van der Waals surface area contributed by atoms with Crippen molar-refractivity contribution in [2.24, 2.45) is 0 Å². The second-order valence-electron chi connectivity index (χ2n) is 6.27. The molecule has 2 aromatic rings. The largest absolute Gasteiger partial charge is 0.493 e. The van der Waals surface area contributed by atoms with Crippen LogP contribution in [0.4, 0.5) is 8.78 Å². The van der Waals surface area contributed by atoms with E-state index in [-0.39, 0.29) is 17.2 Å². The number of amides is 2. The highest BCUT2D eigenvalue weighted by molar-refractivity contribution is 7.91. The molecule has 0 aliphatic rings. The third-order valence-corrected chi connectivity index (χ3v) is 5.16. The van der Waals surface area contributed by atoms with Gasteiger partial charge >= 0.3 is 5.76 Å². The first-order chi connectivity index (χ1) is 14.1. The van der Waals surface area contributed by atoms with E-state index in [1.807, 2.05) is 13.8 Å². The Morgan fingerprint density at radius 1 is 0.900 bits per heavy atom. The number of carbonyl (C=O) groups is 2. The lowest BCUT2D eigenvalue weighted by Crippen LogP contribution is -2.41. The molecule has 0 aliphatic carbocycles. The van der Waals surface area contributed by atoms with Crippen molar-refractivity contribution >= 4 is 21.7 Å². The van der Waals surface area contributed by atoms with Crippen molar-refractivity contribution in [1.82, 2.24) is 10.9 Å². The van der Waals surface area contributed by atoms with Gasteiger partial charge in [0.15, 0.2) is 11.5 Å². The van der Waals surface area contributed by atoms with Gasteiger partial charge in [-0.25, -0.2) is 8.42 Å². The Kier molecular flexibility index (Phi) is 7.33. The summed E-state index contributed by atoms with van der Waals surface area (Å²) in [5.41, 5.74) is 4.50. The fraction of sp³-hybridized carbons (Fsp3) is 0.263. The number of hydrogen-bond acceptors (Lipinski definition) is 6. The number of sulfone groups is 1. The zero-order chi connectivity index (χ0) is 22.5.